The Balaban J connectivity index is 1.71. The summed E-state index contributed by atoms with van der Waals surface area (Å²) in [4.78, 5) is 37.7. The van der Waals surface area contributed by atoms with E-state index < -0.39 is 5.97 Å². The Bertz CT molecular complexity index is 947. The van der Waals surface area contributed by atoms with Gasteiger partial charge in [-0.1, -0.05) is 0 Å². The number of carbonyl (C=O) groups is 2. The summed E-state index contributed by atoms with van der Waals surface area (Å²) in [6.07, 6.45) is 2.38. The first-order valence-corrected chi connectivity index (χ1v) is 8.47. The zero-order chi connectivity index (χ0) is 19.4. The van der Waals surface area contributed by atoms with Crippen LogP contribution in [-0.4, -0.2) is 48.0 Å². The number of aromatic amines is 1. The van der Waals surface area contributed by atoms with E-state index in [4.69, 9.17) is 4.74 Å². The highest BCUT2D eigenvalue weighted by Crippen LogP contribution is 2.26. The molecule has 0 aliphatic rings. The number of carbonyl (C=O) groups excluding carboxylic acids is 2. The number of anilines is 2. The lowest BCUT2D eigenvalue weighted by atomic mass is 10.1. The molecule has 140 valence electrons. The van der Waals surface area contributed by atoms with E-state index in [1.165, 1.54) is 7.11 Å². The second-order valence-electron chi connectivity index (χ2n) is 6.22. The number of ether oxygens (including phenoxy) is 1. The predicted octanol–water partition coefficient (Wildman–Crippen LogP) is 2.38. The van der Waals surface area contributed by atoms with Crippen molar-refractivity contribution >= 4 is 34.4 Å². The molecule has 8 heteroatoms. The SMILES string of the molecule is COC(=O)c1ccc(N(C)C)c(NC(=O)CCc2nc3ncccc3[nH]2)c1. The van der Waals surface area contributed by atoms with Crippen LogP contribution in [0.25, 0.3) is 11.2 Å². The van der Waals surface area contributed by atoms with Crippen molar-refractivity contribution < 1.29 is 14.3 Å². The Morgan fingerprint density at radius 2 is 2.07 bits per heavy atom. The van der Waals surface area contributed by atoms with Gasteiger partial charge in [0.2, 0.25) is 5.91 Å². The van der Waals surface area contributed by atoms with Crippen molar-refractivity contribution in [1.82, 2.24) is 15.0 Å². The fourth-order valence-electron chi connectivity index (χ4n) is 2.73. The summed E-state index contributed by atoms with van der Waals surface area (Å²) in [6, 6.07) is 8.77. The molecule has 0 radical (unpaired) electrons. The van der Waals surface area contributed by atoms with E-state index >= 15 is 0 Å². The number of benzene rings is 1. The van der Waals surface area contributed by atoms with Crippen molar-refractivity contribution in [1.29, 1.82) is 0 Å². The Morgan fingerprint density at radius 3 is 2.78 bits per heavy atom. The molecular weight excluding hydrogens is 346 g/mol. The van der Waals surface area contributed by atoms with Crippen LogP contribution in [0.4, 0.5) is 11.4 Å². The summed E-state index contributed by atoms with van der Waals surface area (Å²) >= 11 is 0. The number of pyridine rings is 1. The van der Waals surface area contributed by atoms with Crippen LogP contribution in [0, 0.1) is 0 Å². The van der Waals surface area contributed by atoms with Gasteiger partial charge in [-0.3, -0.25) is 4.79 Å². The molecule has 0 aliphatic heterocycles. The van der Waals surface area contributed by atoms with Crippen molar-refractivity contribution in [3.05, 3.63) is 47.9 Å². The van der Waals surface area contributed by atoms with Gasteiger partial charge in [-0.15, -0.1) is 0 Å². The molecular formula is C19H21N5O3. The molecule has 0 fully saturated rings. The van der Waals surface area contributed by atoms with Gasteiger partial charge in [0.1, 0.15) is 5.82 Å². The van der Waals surface area contributed by atoms with Gasteiger partial charge in [0.15, 0.2) is 5.65 Å². The summed E-state index contributed by atoms with van der Waals surface area (Å²) in [5, 5.41) is 2.87. The van der Waals surface area contributed by atoms with Crippen LogP contribution >= 0.6 is 0 Å². The van der Waals surface area contributed by atoms with E-state index in [0.29, 0.717) is 29.1 Å². The van der Waals surface area contributed by atoms with Crippen LogP contribution in [0.3, 0.4) is 0 Å². The zero-order valence-corrected chi connectivity index (χ0v) is 15.4. The predicted molar refractivity (Wildman–Crippen MR) is 103 cm³/mol. The molecule has 3 aromatic rings. The number of aromatic nitrogens is 3. The van der Waals surface area contributed by atoms with Crippen LogP contribution in [0.2, 0.25) is 0 Å². The van der Waals surface area contributed by atoms with Gasteiger partial charge < -0.3 is 19.9 Å². The average Bonchev–Trinajstić information content (AvgIpc) is 3.08. The van der Waals surface area contributed by atoms with E-state index in [-0.39, 0.29) is 12.3 Å². The molecule has 0 saturated carbocycles. The van der Waals surface area contributed by atoms with Gasteiger partial charge >= 0.3 is 5.97 Å². The number of hydrogen-bond donors (Lipinski definition) is 2. The van der Waals surface area contributed by atoms with Crippen molar-refractivity contribution in [2.45, 2.75) is 12.8 Å². The molecule has 2 aromatic heterocycles. The topological polar surface area (TPSA) is 100 Å². The van der Waals surface area contributed by atoms with Gasteiger partial charge in [-0.05, 0) is 30.3 Å². The second-order valence-corrected chi connectivity index (χ2v) is 6.22. The molecule has 0 bridgehead atoms. The largest absolute Gasteiger partial charge is 0.465 e. The molecule has 8 nitrogen and oxygen atoms in total. The molecule has 2 N–H and O–H groups in total. The number of esters is 1. The monoisotopic (exact) mass is 367 g/mol. The second kappa shape index (κ2) is 7.86. The fraction of sp³-hybridized carbons (Fsp3) is 0.263. The van der Waals surface area contributed by atoms with Gasteiger partial charge in [-0.25, -0.2) is 14.8 Å². The third-order valence-electron chi connectivity index (χ3n) is 4.07. The molecule has 1 amide bonds. The molecule has 0 spiro atoms. The highest BCUT2D eigenvalue weighted by molar-refractivity contribution is 5.98. The number of imidazole rings is 1. The van der Waals surface area contributed by atoms with Crippen molar-refractivity contribution in [3.8, 4) is 0 Å². The molecule has 27 heavy (non-hydrogen) atoms. The summed E-state index contributed by atoms with van der Waals surface area (Å²) < 4.78 is 4.75. The molecule has 0 aliphatic carbocycles. The maximum atomic E-state index is 12.4. The first kappa shape index (κ1) is 18.4. The highest BCUT2D eigenvalue weighted by atomic mass is 16.5. The number of amides is 1. The summed E-state index contributed by atoms with van der Waals surface area (Å²) in [5.74, 6) is 0.0779. The fourth-order valence-corrected chi connectivity index (χ4v) is 2.73. The number of H-pyrrole nitrogens is 1. The summed E-state index contributed by atoms with van der Waals surface area (Å²) in [6.45, 7) is 0. The first-order valence-electron chi connectivity index (χ1n) is 8.47. The Kier molecular flexibility index (Phi) is 5.35. The van der Waals surface area contributed by atoms with Gasteiger partial charge in [-0.2, -0.15) is 0 Å². The van der Waals surface area contributed by atoms with E-state index in [1.54, 1.807) is 24.4 Å². The minimum Gasteiger partial charge on any atom is -0.465 e. The van der Waals surface area contributed by atoms with Gasteiger partial charge in [0.25, 0.3) is 0 Å². The lowest BCUT2D eigenvalue weighted by molar-refractivity contribution is -0.116. The maximum absolute atomic E-state index is 12.4. The van der Waals surface area contributed by atoms with E-state index in [9.17, 15) is 9.59 Å². The lowest BCUT2D eigenvalue weighted by Crippen LogP contribution is -2.18. The zero-order valence-electron chi connectivity index (χ0n) is 15.4. The average molecular weight is 367 g/mol. The normalized spacial score (nSPS) is 10.6. The highest BCUT2D eigenvalue weighted by Gasteiger charge is 2.14. The van der Waals surface area contributed by atoms with Gasteiger partial charge in [0.05, 0.1) is 29.6 Å². The molecule has 0 atom stereocenters. The minimum absolute atomic E-state index is 0.173. The van der Waals surface area contributed by atoms with Gasteiger partial charge in [0, 0.05) is 33.1 Å². The Hall–Kier alpha value is -3.42. The molecule has 1 aromatic carbocycles. The lowest BCUT2D eigenvalue weighted by Gasteiger charge is -2.18. The number of hydrogen-bond acceptors (Lipinski definition) is 6. The minimum atomic E-state index is -0.453. The van der Waals surface area contributed by atoms with E-state index in [2.05, 4.69) is 20.3 Å². The third kappa shape index (κ3) is 4.22. The number of rotatable bonds is 6. The van der Waals surface area contributed by atoms with Crippen LogP contribution in [0.1, 0.15) is 22.6 Å². The van der Waals surface area contributed by atoms with Crippen LogP contribution in [0.15, 0.2) is 36.5 Å². The Labute approximate surface area is 156 Å². The van der Waals surface area contributed by atoms with Crippen molar-refractivity contribution in [2.24, 2.45) is 0 Å². The number of methoxy groups -OCH3 is 1. The number of fused-ring (bicyclic) bond motifs is 1. The van der Waals surface area contributed by atoms with Crippen molar-refractivity contribution in [3.63, 3.8) is 0 Å². The summed E-state index contributed by atoms with van der Waals surface area (Å²) in [7, 11) is 5.05. The van der Waals surface area contributed by atoms with Crippen LogP contribution in [-0.2, 0) is 16.0 Å². The number of nitrogens with zero attached hydrogens (tertiary/aromatic N) is 3. The summed E-state index contributed by atoms with van der Waals surface area (Å²) in [5.41, 5.74) is 3.20. The standard InChI is InChI=1S/C19H21N5O3/c1-24(2)15-7-6-12(19(26)27-3)11-14(15)22-17(25)9-8-16-21-13-5-4-10-20-18(13)23-16/h4-7,10-11H,8-9H2,1-3H3,(H,22,25)(H,20,21,23). The Morgan fingerprint density at radius 1 is 1.26 bits per heavy atom. The number of nitrogens with one attached hydrogen (secondary N) is 2. The van der Waals surface area contributed by atoms with Crippen LogP contribution in [0.5, 0.6) is 0 Å². The molecule has 0 saturated heterocycles. The van der Waals surface area contributed by atoms with E-state index in [0.717, 1.165) is 11.2 Å². The molecule has 3 rings (SSSR count). The van der Waals surface area contributed by atoms with Crippen LogP contribution < -0.4 is 10.2 Å². The molecule has 2 heterocycles. The third-order valence-corrected chi connectivity index (χ3v) is 4.07. The number of aryl methyl sites for hydroxylation is 1. The molecule has 0 unspecified atom stereocenters. The first-order chi connectivity index (χ1) is 13.0. The smallest absolute Gasteiger partial charge is 0.337 e. The maximum Gasteiger partial charge on any atom is 0.337 e. The quantitative estimate of drug-likeness (QED) is 0.649. The van der Waals surface area contributed by atoms with E-state index in [1.807, 2.05) is 31.1 Å². The van der Waals surface area contributed by atoms with Crippen molar-refractivity contribution in [2.75, 3.05) is 31.4 Å².